The van der Waals surface area contributed by atoms with Gasteiger partial charge in [0.05, 0.1) is 5.92 Å². The van der Waals surface area contributed by atoms with E-state index in [0.717, 1.165) is 16.3 Å². The number of thiazole rings is 1. The first-order chi connectivity index (χ1) is 11.7. The summed E-state index contributed by atoms with van der Waals surface area (Å²) in [6, 6.07) is 1.77. The van der Waals surface area contributed by atoms with Crippen LogP contribution < -0.4 is 5.32 Å². The third-order valence-corrected chi connectivity index (χ3v) is 5.44. The van der Waals surface area contributed by atoms with E-state index in [0.29, 0.717) is 24.8 Å². The summed E-state index contributed by atoms with van der Waals surface area (Å²) >= 11 is 1.53. The number of aromatic nitrogens is 3. The highest BCUT2D eigenvalue weighted by Gasteiger charge is 2.24. The Morgan fingerprint density at radius 3 is 2.75 bits per heavy atom. The molecule has 1 unspecified atom stereocenters. The summed E-state index contributed by atoms with van der Waals surface area (Å²) in [4.78, 5) is 25.2. The van der Waals surface area contributed by atoms with Crippen molar-refractivity contribution in [3.63, 3.8) is 0 Å². The average molecular weight is 346 g/mol. The van der Waals surface area contributed by atoms with Crippen LogP contribution in [0.2, 0.25) is 0 Å². The molecule has 0 aromatic carbocycles. The fourth-order valence-corrected chi connectivity index (χ4v) is 4.02. The van der Waals surface area contributed by atoms with Crippen molar-refractivity contribution >= 4 is 17.3 Å². The minimum atomic E-state index is -0.697. The van der Waals surface area contributed by atoms with Gasteiger partial charge in [-0.2, -0.15) is 0 Å². The molecule has 24 heavy (non-hydrogen) atoms. The molecule has 6 nitrogen and oxygen atoms in total. The molecular formula is C17H22N4O2S. The first kappa shape index (κ1) is 17.0. The first-order valence-corrected chi connectivity index (χ1v) is 9.19. The Morgan fingerprint density at radius 2 is 2.04 bits per heavy atom. The zero-order valence-electron chi connectivity index (χ0n) is 13.5. The molecule has 0 amide bonds. The van der Waals surface area contributed by atoms with Crippen LogP contribution in [0.15, 0.2) is 24.7 Å². The van der Waals surface area contributed by atoms with Gasteiger partial charge in [0.2, 0.25) is 0 Å². The second-order valence-electron chi connectivity index (χ2n) is 6.26. The van der Waals surface area contributed by atoms with Crippen molar-refractivity contribution in [3.8, 4) is 10.8 Å². The van der Waals surface area contributed by atoms with Gasteiger partial charge in [-0.25, -0.2) is 15.0 Å². The van der Waals surface area contributed by atoms with Gasteiger partial charge in [0.15, 0.2) is 10.8 Å². The van der Waals surface area contributed by atoms with Crippen molar-refractivity contribution in [1.82, 2.24) is 20.3 Å². The third kappa shape index (κ3) is 4.58. The first-order valence-electron chi connectivity index (χ1n) is 8.38. The number of nitrogens with zero attached hydrogens (tertiary/aromatic N) is 3. The van der Waals surface area contributed by atoms with E-state index in [1.54, 1.807) is 24.7 Å². The molecular weight excluding hydrogens is 324 g/mol. The maximum Gasteiger partial charge on any atom is 0.307 e. The molecule has 1 aliphatic carbocycles. The van der Waals surface area contributed by atoms with Gasteiger partial charge in [0.25, 0.3) is 0 Å². The molecule has 0 aliphatic heterocycles. The lowest BCUT2D eigenvalue weighted by molar-refractivity contribution is -0.142. The molecule has 0 spiro atoms. The highest BCUT2D eigenvalue weighted by Crippen LogP contribution is 2.30. The second-order valence-corrected chi connectivity index (χ2v) is 7.37. The molecule has 0 radical (unpaired) electrons. The fourth-order valence-electron chi connectivity index (χ4n) is 3.19. The monoisotopic (exact) mass is 346 g/mol. The summed E-state index contributed by atoms with van der Waals surface area (Å²) in [6.45, 7) is 1.12. The molecule has 2 N–H and O–H groups in total. The van der Waals surface area contributed by atoms with E-state index in [4.69, 9.17) is 0 Å². The maximum absolute atomic E-state index is 11.5. The Morgan fingerprint density at radius 1 is 1.29 bits per heavy atom. The van der Waals surface area contributed by atoms with E-state index in [2.05, 4.69) is 20.3 Å². The summed E-state index contributed by atoms with van der Waals surface area (Å²) in [6.07, 6.45) is 10.8. The van der Waals surface area contributed by atoms with Crippen molar-refractivity contribution in [2.75, 3.05) is 6.54 Å². The molecule has 1 fully saturated rings. The van der Waals surface area contributed by atoms with E-state index in [-0.39, 0.29) is 5.92 Å². The highest BCUT2D eigenvalue weighted by molar-refractivity contribution is 7.14. The number of hydrogen-bond donors (Lipinski definition) is 2. The summed E-state index contributed by atoms with van der Waals surface area (Å²) in [5, 5.41) is 13.5. The zero-order valence-corrected chi connectivity index (χ0v) is 14.3. The van der Waals surface area contributed by atoms with Crippen molar-refractivity contribution in [2.24, 2.45) is 11.8 Å². The number of hydrogen-bond acceptors (Lipinski definition) is 6. The van der Waals surface area contributed by atoms with Gasteiger partial charge in [-0.3, -0.25) is 4.79 Å². The molecule has 2 aromatic rings. The predicted molar refractivity (Wildman–Crippen MR) is 92.5 cm³/mol. The van der Waals surface area contributed by atoms with Gasteiger partial charge in [-0.05, 0) is 18.4 Å². The van der Waals surface area contributed by atoms with Gasteiger partial charge in [-0.1, -0.05) is 25.7 Å². The minimum Gasteiger partial charge on any atom is -0.481 e. The van der Waals surface area contributed by atoms with E-state index in [1.165, 1.54) is 37.0 Å². The Bertz CT molecular complexity index is 656. The molecule has 1 saturated carbocycles. The van der Waals surface area contributed by atoms with Crippen LogP contribution in [-0.4, -0.2) is 32.6 Å². The van der Waals surface area contributed by atoms with E-state index >= 15 is 0 Å². The fraction of sp³-hybridized carbons (Fsp3) is 0.529. The van der Waals surface area contributed by atoms with Crippen LogP contribution in [0.1, 0.15) is 37.0 Å². The lowest BCUT2D eigenvalue weighted by atomic mass is 9.93. The number of rotatable bonds is 8. The van der Waals surface area contributed by atoms with Gasteiger partial charge in [0, 0.05) is 36.6 Å². The Hall–Kier alpha value is -1.86. The van der Waals surface area contributed by atoms with Crippen molar-refractivity contribution < 1.29 is 9.90 Å². The zero-order chi connectivity index (χ0) is 16.8. The molecule has 2 aromatic heterocycles. The van der Waals surface area contributed by atoms with Gasteiger partial charge < -0.3 is 10.4 Å². The molecule has 0 saturated heterocycles. The van der Waals surface area contributed by atoms with Gasteiger partial charge >= 0.3 is 5.97 Å². The standard InChI is InChI=1S/C17H22N4O2S/c22-17(23)13(8-12-4-1-2-5-12)9-18-10-14-11-21-16(24-14)15-19-6-3-7-20-15/h3,6-7,11-13,18H,1-2,4-5,8-10H2,(H,22,23). The molecule has 7 heteroatoms. The largest absolute Gasteiger partial charge is 0.481 e. The van der Waals surface area contributed by atoms with E-state index in [1.807, 2.05) is 0 Å². The maximum atomic E-state index is 11.5. The van der Waals surface area contributed by atoms with E-state index < -0.39 is 5.97 Å². The number of carbonyl (C=O) groups is 1. The average Bonchev–Trinajstić information content (AvgIpc) is 3.26. The summed E-state index contributed by atoms with van der Waals surface area (Å²) in [5.41, 5.74) is 0. The SMILES string of the molecule is O=C(O)C(CNCc1cnc(-c2ncccn2)s1)CC1CCCC1. The second kappa shape index (κ2) is 8.30. The van der Waals surface area contributed by atoms with Gasteiger partial charge in [0.1, 0.15) is 0 Å². The number of carboxylic acid groups (broad SMARTS) is 1. The molecule has 1 atom stereocenters. The van der Waals surface area contributed by atoms with Crippen LogP contribution in [0.4, 0.5) is 0 Å². The van der Waals surface area contributed by atoms with Crippen molar-refractivity contribution in [3.05, 3.63) is 29.5 Å². The highest BCUT2D eigenvalue weighted by atomic mass is 32.1. The van der Waals surface area contributed by atoms with Crippen molar-refractivity contribution in [2.45, 2.75) is 38.6 Å². The van der Waals surface area contributed by atoms with Crippen LogP contribution >= 0.6 is 11.3 Å². The molecule has 2 heterocycles. The topological polar surface area (TPSA) is 88.0 Å². The molecule has 3 rings (SSSR count). The quantitative estimate of drug-likeness (QED) is 0.764. The summed E-state index contributed by atoms with van der Waals surface area (Å²) in [5.74, 6) is 0.201. The van der Waals surface area contributed by atoms with Gasteiger partial charge in [-0.15, -0.1) is 11.3 Å². The summed E-state index contributed by atoms with van der Waals surface area (Å²) in [7, 11) is 0. The third-order valence-electron chi connectivity index (χ3n) is 4.44. The lowest BCUT2D eigenvalue weighted by Crippen LogP contribution is -2.29. The van der Waals surface area contributed by atoms with Crippen LogP contribution in [0.25, 0.3) is 10.8 Å². The van der Waals surface area contributed by atoms with Crippen LogP contribution in [0, 0.1) is 11.8 Å². The minimum absolute atomic E-state index is 0.307. The Labute approximate surface area is 145 Å². The number of aliphatic carboxylic acids is 1. The predicted octanol–water partition coefficient (Wildman–Crippen LogP) is 2.97. The molecule has 0 bridgehead atoms. The van der Waals surface area contributed by atoms with Crippen LogP contribution in [-0.2, 0) is 11.3 Å². The molecule has 1 aliphatic rings. The Kier molecular flexibility index (Phi) is 5.87. The lowest BCUT2D eigenvalue weighted by Gasteiger charge is -2.17. The number of nitrogens with one attached hydrogen (secondary N) is 1. The smallest absolute Gasteiger partial charge is 0.307 e. The normalized spacial score (nSPS) is 16.3. The van der Waals surface area contributed by atoms with Crippen LogP contribution in [0.5, 0.6) is 0 Å². The molecule has 128 valence electrons. The van der Waals surface area contributed by atoms with Crippen molar-refractivity contribution in [1.29, 1.82) is 0 Å². The van der Waals surface area contributed by atoms with E-state index in [9.17, 15) is 9.90 Å². The summed E-state index contributed by atoms with van der Waals surface area (Å²) < 4.78 is 0. The Balaban J connectivity index is 1.49. The van der Waals surface area contributed by atoms with Crippen LogP contribution in [0.3, 0.4) is 0 Å². The number of carboxylic acids is 1.